The van der Waals surface area contributed by atoms with E-state index in [4.69, 9.17) is 14.2 Å². The second-order valence-electron chi connectivity index (χ2n) is 9.48. The number of hydrogen-bond donors (Lipinski definition) is 1. The van der Waals surface area contributed by atoms with Crippen LogP contribution in [-0.2, 0) is 9.53 Å². The zero-order valence-electron chi connectivity index (χ0n) is 21.8. The van der Waals surface area contributed by atoms with Gasteiger partial charge in [0.05, 0.1) is 19.8 Å². The zero-order valence-corrected chi connectivity index (χ0v) is 21.8. The number of carbonyl (C=O) groups excluding carboxylic acids is 1. The molecule has 1 rings (SSSR count). The Morgan fingerprint density at radius 1 is 1.00 bits per heavy atom. The largest absolute Gasteiger partial charge is 0.493 e. The van der Waals surface area contributed by atoms with E-state index in [0.29, 0.717) is 31.1 Å². The van der Waals surface area contributed by atoms with Crippen LogP contribution in [0.4, 0.5) is 0 Å². The molecular formula is C27H45NO5. The third-order valence-electron chi connectivity index (χ3n) is 6.07. The first-order valence-corrected chi connectivity index (χ1v) is 12.0. The van der Waals surface area contributed by atoms with Crippen LogP contribution >= 0.6 is 0 Å². The molecular weight excluding hydrogens is 418 g/mol. The summed E-state index contributed by atoms with van der Waals surface area (Å²) in [7, 11) is 6.88. The molecule has 1 unspecified atom stereocenters. The van der Waals surface area contributed by atoms with Crippen molar-refractivity contribution in [1.82, 2.24) is 4.90 Å². The Labute approximate surface area is 200 Å². The Kier molecular flexibility index (Phi) is 13.1. The number of allylic oxidation sites excluding steroid dienone is 2. The summed E-state index contributed by atoms with van der Waals surface area (Å²) in [5, 5.41) is 11.2. The maximum absolute atomic E-state index is 12.4. The molecule has 0 aliphatic rings. The number of carbonyl (C=O) groups is 1. The van der Waals surface area contributed by atoms with Gasteiger partial charge in [0.2, 0.25) is 5.91 Å². The molecule has 0 saturated carbocycles. The third kappa shape index (κ3) is 9.38. The number of aliphatic hydroxyl groups excluding tert-OH is 1. The molecule has 1 N–H and O–H groups in total. The van der Waals surface area contributed by atoms with E-state index in [1.165, 1.54) is 0 Å². The standard InChI is InChI=1S/C27H45NO5/c1-19(2)22(12-9-10-13-23(20(3)4)27(30)28(5)6)26(29)21-14-15-24(32-8)25(18-21)33-17-11-16-31-7/h9-10,14-15,18-20,22-23,26,29H,11-13,16-17H2,1-8H3/t22-,23-,26?/m0/s1. The number of rotatable bonds is 15. The summed E-state index contributed by atoms with van der Waals surface area (Å²) in [6, 6.07) is 5.62. The Hall–Kier alpha value is -2.05. The first-order valence-electron chi connectivity index (χ1n) is 12.0. The molecule has 0 spiro atoms. The van der Waals surface area contributed by atoms with E-state index in [2.05, 4.69) is 39.8 Å². The van der Waals surface area contributed by atoms with E-state index < -0.39 is 6.10 Å². The number of nitrogens with zero attached hydrogens (tertiary/aromatic N) is 1. The molecule has 6 heteroatoms. The summed E-state index contributed by atoms with van der Waals surface area (Å²) in [4.78, 5) is 14.1. The van der Waals surface area contributed by atoms with Crippen LogP contribution in [0.15, 0.2) is 30.4 Å². The summed E-state index contributed by atoms with van der Waals surface area (Å²) >= 11 is 0. The van der Waals surface area contributed by atoms with Crippen LogP contribution in [-0.4, -0.2) is 57.4 Å². The van der Waals surface area contributed by atoms with Gasteiger partial charge in [0.25, 0.3) is 0 Å². The van der Waals surface area contributed by atoms with Gasteiger partial charge in [-0.25, -0.2) is 0 Å². The van der Waals surface area contributed by atoms with Crippen molar-refractivity contribution in [2.75, 3.05) is 41.5 Å². The molecule has 0 aliphatic carbocycles. The van der Waals surface area contributed by atoms with Crippen LogP contribution in [0.25, 0.3) is 0 Å². The normalized spacial score (nSPS) is 14.5. The Balaban J connectivity index is 2.90. The predicted octanol–water partition coefficient (Wildman–Crippen LogP) is 5.11. The lowest BCUT2D eigenvalue weighted by Crippen LogP contribution is -2.32. The molecule has 33 heavy (non-hydrogen) atoms. The van der Waals surface area contributed by atoms with E-state index >= 15 is 0 Å². The van der Waals surface area contributed by atoms with Crippen molar-refractivity contribution in [3.63, 3.8) is 0 Å². The third-order valence-corrected chi connectivity index (χ3v) is 6.07. The second-order valence-corrected chi connectivity index (χ2v) is 9.48. The van der Waals surface area contributed by atoms with E-state index in [1.807, 2.05) is 18.2 Å². The lowest BCUT2D eigenvalue weighted by atomic mass is 9.83. The minimum absolute atomic E-state index is 0.0296. The summed E-state index contributed by atoms with van der Waals surface area (Å²) in [6.45, 7) is 9.56. The molecule has 1 amide bonds. The Morgan fingerprint density at radius 3 is 2.21 bits per heavy atom. The number of ether oxygens (including phenoxy) is 3. The smallest absolute Gasteiger partial charge is 0.225 e. The molecule has 0 aromatic heterocycles. The number of aliphatic hydroxyl groups is 1. The van der Waals surface area contributed by atoms with Gasteiger partial charge >= 0.3 is 0 Å². The minimum Gasteiger partial charge on any atom is -0.493 e. The summed E-state index contributed by atoms with van der Waals surface area (Å²) in [5.74, 6) is 2.00. The van der Waals surface area contributed by atoms with E-state index in [9.17, 15) is 9.90 Å². The van der Waals surface area contributed by atoms with Gasteiger partial charge in [-0.1, -0.05) is 45.9 Å². The fourth-order valence-corrected chi connectivity index (χ4v) is 3.87. The van der Waals surface area contributed by atoms with Crippen LogP contribution < -0.4 is 9.47 Å². The van der Waals surface area contributed by atoms with Gasteiger partial charge < -0.3 is 24.2 Å². The molecule has 0 aliphatic heterocycles. The highest BCUT2D eigenvalue weighted by molar-refractivity contribution is 5.78. The van der Waals surface area contributed by atoms with Gasteiger partial charge in [-0.05, 0) is 48.3 Å². The molecule has 1 aromatic rings. The molecule has 0 heterocycles. The highest BCUT2D eigenvalue weighted by Gasteiger charge is 2.25. The molecule has 0 radical (unpaired) electrons. The first-order chi connectivity index (χ1) is 15.6. The van der Waals surface area contributed by atoms with Crippen molar-refractivity contribution in [2.24, 2.45) is 23.7 Å². The molecule has 0 bridgehead atoms. The van der Waals surface area contributed by atoms with Gasteiger partial charge in [-0.15, -0.1) is 0 Å². The molecule has 0 fully saturated rings. The van der Waals surface area contributed by atoms with Gasteiger partial charge in [0.15, 0.2) is 11.5 Å². The Bertz CT molecular complexity index is 729. The zero-order chi connectivity index (χ0) is 25.0. The number of benzene rings is 1. The molecule has 6 nitrogen and oxygen atoms in total. The SMILES string of the molecule is COCCCOc1cc(C(O)[C@@H](CC=CC[C@H](C(=O)N(C)C)C(C)C)C(C)C)ccc1OC. The lowest BCUT2D eigenvalue weighted by molar-refractivity contribution is -0.134. The second kappa shape index (κ2) is 15.0. The fraction of sp³-hybridized carbons (Fsp3) is 0.667. The predicted molar refractivity (Wildman–Crippen MR) is 134 cm³/mol. The van der Waals surface area contributed by atoms with E-state index in [1.54, 1.807) is 33.2 Å². The van der Waals surface area contributed by atoms with Gasteiger partial charge in [-0.2, -0.15) is 0 Å². The minimum atomic E-state index is -0.633. The van der Waals surface area contributed by atoms with Crippen LogP contribution in [0.1, 0.15) is 58.6 Å². The van der Waals surface area contributed by atoms with Crippen molar-refractivity contribution >= 4 is 5.91 Å². The van der Waals surface area contributed by atoms with E-state index in [0.717, 1.165) is 18.4 Å². The molecule has 1 aromatic carbocycles. The fourth-order valence-electron chi connectivity index (χ4n) is 3.87. The molecule has 188 valence electrons. The summed E-state index contributed by atoms with van der Waals surface area (Å²) in [5.41, 5.74) is 0.812. The van der Waals surface area contributed by atoms with E-state index in [-0.39, 0.29) is 29.6 Å². The van der Waals surface area contributed by atoms with Gasteiger partial charge in [0, 0.05) is 40.2 Å². The lowest BCUT2D eigenvalue weighted by Gasteiger charge is -2.26. The number of hydrogen-bond acceptors (Lipinski definition) is 5. The van der Waals surface area contributed by atoms with Crippen molar-refractivity contribution in [1.29, 1.82) is 0 Å². The van der Waals surface area contributed by atoms with Crippen molar-refractivity contribution < 1.29 is 24.1 Å². The van der Waals surface area contributed by atoms with Gasteiger partial charge in [-0.3, -0.25) is 4.79 Å². The van der Waals surface area contributed by atoms with Crippen LogP contribution in [0, 0.1) is 23.7 Å². The summed E-state index contributed by atoms with van der Waals surface area (Å²) < 4.78 is 16.4. The first kappa shape index (κ1) is 29.0. The maximum Gasteiger partial charge on any atom is 0.225 e. The van der Waals surface area contributed by atoms with Crippen LogP contribution in [0.5, 0.6) is 11.5 Å². The summed E-state index contributed by atoms with van der Waals surface area (Å²) in [6.07, 6.45) is 5.78. The van der Waals surface area contributed by atoms with Gasteiger partial charge in [0.1, 0.15) is 0 Å². The van der Waals surface area contributed by atoms with Crippen molar-refractivity contribution in [2.45, 2.75) is 53.1 Å². The number of amides is 1. The monoisotopic (exact) mass is 463 g/mol. The highest BCUT2D eigenvalue weighted by atomic mass is 16.5. The van der Waals surface area contributed by atoms with Crippen LogP contribution in [0.3, 0.4) is 0 Å². The Morgan fingerprint density at radius 2 is 1.67 bits per heavy atom. The van der Waals surface area contributed by atoms with Crippen LogP contribution in [0.2, 0.25) is 0 Å². The highest BCUT2D eigenvalue weighted by Crippen LogP contribution is 2.36. The van der Waals surface area contributed by atoms with Crippen molar-refractivity contribution in [3.8, 4) is 11.5 Å². The van der Waals surface area contributed by atoms with Crippen molar-refractivity contribution in [3.05, 3.63) is 35.9 Å². The topological polar surface area (TPSA) is 68.2 Å². The molecule has 0 saturated heterocycles. The average Bonchev–Trinajstić information content (AvgIpc) is 2.77. The quantitative estimate of drug-likeness (QED) is 0.289. The molecule has 3 atom stereocenters. The number of methoxy groups -OCH3 is 2. The average molecular weight is 464 g/mol. The maximum atomic E-state index is 12.4.